The van der Waals surface area contributed by atoms with Gasteiger partial charge in [0, 0.05) is 29.6 Å². The number of nitrogens with zero attached hydrogens (tertiary/aromatic N) is 4. The Kier molecular flexibility index (Phi) is 2.83. The standard InChI is InChI=1S/C6H4N6.Na/c7-1-3-4-5(8)9-2-10-6(4)12-11-3;/h2H,(H3,8,9,10,11,12);. The summed E-state index contributed by atoms with van der Waals surface area (Å²) >= 11 is 0. The molecule has 0 unspecified atom stereocenters. The molecule has 3 N–H and O–H groups in total. The Labute approximate surface area is 95.5 Å². The van der Waals surface area contributed by atoms with Crippen molar-refractivity contribution in [2.75, 3.05) is 5.73 Å². The van der Waals surface area contributed by atoms with Crippen LogP contribution in [0.15, 0.2) is 6.33 Å². The summed E-state index contributed by atoms with van der Waals surface area (Å²) in [5.41, 5.74) is 6.23. The Morgan fingerprint density at radius 2 is 2.23 bits per heavy atom. The maximum atomic E-state index is 8.62. The first kappa shape index (κ1) is 9.92. The van der Waals surface area contributed by atoms with Gasteiger partial charge in [-0.3, -0.25) is 5.10 Å². The van der Waals surface area contributed by atoms with Crippen molar-refractivity contribution in [2.45, 2.75) is 0 Å². The predicted octanol–water partition coefficient (Wildman–Crippen LogP) is -0.574. The van der Waals surface area contributed by atoms with E-state index in [9.17, 15) is 0 Å². The minimum absolute atomic E-state index is 0. The molecule has 0 saturated carbocycles. The van der Waals surface area contributed by atoms with Gasteiger partial charge in [0.25, 0.3) is 0 Å². The zero-order valence-corrected chi connectivity index (χ0v) is 8.94. The second-order valence-corrected chi connectivity index (χ2v) is 2.17. The number of hydrogen-bond donors (Lipinski definition) is 2. The molecular formula is C6H4N6Na. The Hall–Kier alpha value is -1.16. The number of anilines is 1. The minimum Gasteiger partial charge on any atom is -0.383 e. The van der Waals surface area contributed by atoms with E-state index in [0.29, 0.717) is 16.7 Å². The second kappa shape index (κ2) is 3.70. The number of rotatable bonds is 0. The van der Waals surface area contributed by atoms with Crippen LogP contribution in [0, 0.1) is 11.3 Å². The molecule has 2 aromatic rings. The third-order valence-corrected chi connectivity index (χ3v) is 1.49. The van der Waals surface area contributed by atoms with E-state index in [-0.39, 0.29) is 35.4 Å². The number of nitrogens with one attached hydrogen (secondary N) is 1. The van der Waals surface area contributed by atoms with E-state index >= 15 is 0 Å². The van der Waals surface area contributed by atoms with Crippen molar-refractivity contribution < 1.29 is 0 Å². The predicted molar refractivity (Wildman–Crippen MR) is 46.6 cm³/mol. The van der Waals surface area contributed by atoms with Crippen molar-refractivity contribution in [3.8, 4) is 6.07 Å². The monoisotopic (exact) mass is 183 g/mol. The number of aromatic nitrogens is 4. The van der Waals surface area contributed by atoms with Gasteiger partial charge in [0.2, 0.25) is 0 Å². The molecule has 0 fully saturated rings. The van der Waals surface area contributed by atoms with Crippen LogP contribution in [0.25, 0.3) is 11.0 Å². The molecular weight excluding hydrogens is 179 g/mol. The fraction of sp³-hybridized carbons (Fsp3) is 0. The van der Waals surface area contributed by atoms with Crippen LogP contribution in [-0.4, -0.2) is 49.7 Å². The van der Waals surface area contributed by atoms with Gasteiger partial charge in [0.05, 0.1) is 5.39 Å². The Morgan fingerprint density at radius 1 is 1.46 bits per heavy atom. The van der Waals surface area contributed by atoms with Crippen molar-refractivity contribution in [2.24, 2.45) is 0 Å². The van der Waals surface area contributed by atoms with Gasteiger partial charge < -0.3 is 5.73 Å². The first-order chi connectivity index (χ1) is 5.83. The molecule has 0 aliphatic rings. The molecule has 0 aromatic carbocycles. The van der Waals surface area contributed by atoms with Crippen LogP contribution >= 0.6 is 0 Å². The molecule has 1 radical (unpaired) electrons. The summed E-state index contributed by atoms with van der Waals surface area (Å²) in [6.07, 6.45) is 1.31. The van der Waals surface area contributed by atoms with Crippen molar-refractivity contribution in [1.82, 2.24) is 20.2 Å². The van der Waals surface area contributed by atoms with Crippen LogP contribution in [0.2, 0.25) is 0 Å². The molecule has 0 aliphatic heterocycles. The number of hydrogen-bond acceptors (Lipinski definition) is 5. The van der Waals surface area contributed by atoms with Gasteiger partial charge in [-0.1, -0.05) is 0 Å². The maximum Gasteiger partial charge on any atom is 0.187 e. The number of aromatic amines is 1. The summed E-state index contributed by atoms with van der Waals surface area (Å²) in [7, 11) is 0. The minimum atomic E-state index is 0. The van der Waals surface area contributed by atoms with Crippen LogP contribution in [0.3, 0.4) is 0 Å². The average Bonchev–Trinajstić information content (AvgIpc) is 2.49. The van der Waals surface area contributed by atoms with E-state index in [4.69, 9.17) is 11.0 Å². The normalized spacial score (nSPS) is 9.15. The summed E-state index contributed by atoms with van der Waals surface area (Å²) in [5.74, 6) is 0.269. The van der Waals surface area contributed by atoms with E-state index in [1.165, 1.54) is 6.33 Å². The van der Waals surface area contributed by atoms with Crippen LogP contribution in [-0.2, 0) is 0 Å². The summed E-state index contributed by atoms with van der Waals surface area (Å²) in [6, 6.07) is 1.91. The number of H-pyrrole nitrogens is 1. The molecule has 0 aliphatic carbocycles. The van der Waals surface area contributed by atoms with Crippen LogP contribution in [0.1, 0.15) is 5.69 Å². The molecule has 59 valence electrons. The van der Waals surface area contributed by atoms with Crippen molar-refractivity contribution >= 4 is 46.4 Å². The molecule has 2 aromatic heterocycles. The van der Waals surface area contributed by atoms with Crippen molar-refractivity contribution in [3.05, 3.63) is 12.0 Å². The Morgan fingerprint density at radius 3 is 2.92 bits per heavy atom. The molecule has 0 bridgehead atoms. The van der Waals surface area contributed by atoms with E-state index < -0.39 is 0 Å². The zero-order chi connectivity index (χ0) is 8.55. The summed E-state index contributed by atoms with van der Waals surface area (Å²) in [4.78, 5) is 7.57. The van der Waals surface area contributed by atoms with E-state index in [1.54, 1.807) is 0 Å². The smallest absolute Gasteiger partial charge is 0.187 e. The topological polar surface area (TPSA) is 104 Å². The largest absolute Gasteiger partial charge is 0.383 e. The molecule has 2 rings (SSSR count). The summed E-state index contributed by atoms with van der Waals surface area (Å²) < 4.78 is 0. The quantitative estimate of drug-likeness (QED) is 0.532. The molecule has 13 heavy (non-hydrogen) atoms. The number of nitrogens with two attached hydrogens (primary N) is 1. The first-order valence-electron chi connectivity index (χ1n) is 3.17. The van der Waals surface area contributed by atoms with E-state index in [2.05, 4.69) is 20.2 Å². The summed E-state index contributed by atoms with van der Waals surface area (Å²) in [5, 5.41) is 15.4. The fourth-order valence-electron chi connectivity index (χ4n) is 0.960. The number of nitriles is 1. The average molecular weight is 183 g/mol. The molecule has 0 saturated heterocycles. The van der Waals surface area contributed by atoms with Crippen molar-refractivity contribution in [1.29, 1.82) is 5.26 Å². The molecule has 2 heterocycles. The van der Waals surface area contributed by atoms with Crippen LogP contribution in [0.4, 0.5) is 5.82 Å². The van der Waals surface area contributed by atoms with Gasteiger partial charge in [0.1, 0.15) is 23.9 Å². The third kappa shape index (κ3) is 1.49. The fourth-order valence-corrected chi connectivity index (χ4v) is 0.960. The molecule has 0 spiro atoms. The zero-order valence-electron chi connectivity index (χ0n) is 6.94. The van der Waals surface area contributed by atoms with Gasteiger partial charge in [-0.2, -0.15) is 10.4 Å². The first-order valence-corrected chi connectivity index (χ1v) is 3.17. The van der Waals surface area contributed by atoms with Crippen molar-refractivity contribution in [3.63, 3.8) is 0 Å². The van der Waals surface area contributed by atoms with Gasteiger partial charge in [0.15, 0.2) is 5.65 Å². The number of nitrogen functional groups attached to an aromatic ring is 1. The van der Waals surface area contributed by atoms with Crippen LogP contribution in [0.5, 0.6) is 0 Å². The van der Waals surface area contributed by atoms with Gasteiger partial charge >= 0.3 is 0 Å². The Balaban J connectivity index is 0.000000845. The van der Waals surface area contributed by atoms with Gasteiger partial charge in [-0.25, -0.2) is 9.97 Å². The number of fused-ring (bicyclic) bond motifs is 1. The molecule has 7 heteroatoms. The van der Waals surface area contributed by atoms with E-state index in [0.717, 1.165) is 0 Å². The van der Waals surface area contributed by atoms with Crippen LogP contribution < -0.4 is 5.73 Å². The molecule has 0 atom stereocenters. The SMILES string of the molecule is N#Cc1[nH]nc2ncnc(N)c12.[Na]. The Bertz CT molecular complexity index is 469. The molecule has 0 amide bonds. The summed E-state index contributed by atoms with van der Waals surface area (Å²) in [6.45, 7) is 0. The maximum absolute atomic E-state index is 8.62. The van der Waals surface area contributed by atoms with Gasteiger partial charge in [-0.05, 0) is 0 Å². The second-order valence-electron chi connectivity index (χ2n) is 2.17. The molecule has 6 nitrogen and oxygen atoms in total. The third-order valence-electron chi connectivity index (χ3n) is 1.49. The van der Waals surface area contributed by atoms with Gasteiger partial charge in [-0.15, -0.1) is 0 Å². The van der Waals surface area contributed by atoms with E-state index in [1.807, 2.05) is 6.07 Å².